The highest BCUT2D eigenvalue weighted by Gasteiger charge is 2.43. The average Bonchev–Trinajstić information content (AvgIpc) is 2.67. The molecule has 0 aromatic rings. The van der Waals surface area contributed by atoms with Crippen molar-refractivity contribution in [2.75, 3.05) is 13.2 Å². The number of carbonyl (C=O) groups excluding carboxylic acids is 1. The Hall–Kier alpha value is -0.630. The second kappa shape index (κ2) is 4.56. The summed E-state index contributed by atoms with van der Waals surface area (Å²) in [7, 11) is 0. The van der Waals surface area contributed by atoms with Gasteiger partial charge in [-0.3, -0.25) is 0 Å². The molecule has 0 aromatic carbocycles. The third-order valence-corrected chi connectivity index (χ3v) is 2.55. The van der Waals surface area contributed by atoms with Gasteiger partial charge in [-0.05, 0) is 17.8 Å². The van der Waals surface area contributed by atoms with Gasteiger partial charge in [-0.1, -0.05) is 26.0 Å². The van der Waals surface area contributed by atoms with Crippen molar-refractivity contribution in [2.45, 2.75) is 26.7 Å². The van der Waals surface area contributed by atoms with Crippen molar-refractivity contribution in [1.82, 2.24) is 0 Å². The summed E-state index contributed by atoms with van der Waals surface area (Å²) < 4.78 is 5.20. The first-order valence-corrected chi connectivity index (χ1v) is 4.85. The minimum absolute atomic E-state index is 0.503. The summed E-state index contributed by atoms with van der Waals surface area (Å²) in [6, 6.07) is 0. The minimum Gasteiger partial charge on any atom is -0.377 e. The van der Waals surface area contributed by atoms with Gasteiger partial charge in [-0.2, -0.15) is 0 Å². The molecule has 0 aromatic heterocycles. The SMILES string of the molecule is CC1(C)CC1C=CCOCCC=O. The van der Waals surface area contributed by atoms with Crippen molar-refractivity contribution in [2.24, 2.45) is 11.3 Å². The summed E-state index contributed by atoms with van der Waals surface area (Å²) in [5, 5.41) is 0. The summed E-state index contributed by atoms with van der Waals surface area (Å²) in [6.45, 7) is 5.73. The molecular weight excluding hydrogens is 164 g/mol. The van der Waals surface area contributed by atoms with E-state index in [1.807, 2.05) is 0 Å². The summed E-state index contributed by atoms with van der Waals surface area (Å²) in [5.41, 5.74) is 0.513. The fourth-order valence-electron chi connectivity index (χ4n) is 1.34. The van der Waals surface area contributed by atoms with Crippen LogP contribution >= 0.6 is 0 Å². The maximum Gasteiger partial charge on any atom is 0.122 e. The maximum atomic E-state index is 9.94. The normalized spacial score (nSPS) is 24.9. The molecule has 2 heteroatoms. The van der Waals surface area contributed by atoms with Crippen LogP contribution in [-0.2, 0) is 9.53 Å². The lowest BCUT2D eigenvalue weighted by Gasteiger charge is -1.97. The van der Waals surface area contributed by atoms with Crippen molar-refractivity contribution in [3.05, 3.63) is 12.2 Å². The molecule has 1 aliphatic rings. The van der Waals surface area contributed by atoms with Crippen LogP contribution in [0.2, 0.25) is 0 Å². The number of carbonyl (C=O) groups is 1. The first kappa shape index (κ1) is 10.5. The molecule has 0 aliphatic heterocycles. The lowest BCUT2D eigenvalue weighted by atomic mass is 10.1. The molecule has 2 nitrogen and oxygen atoms in total. The van der Waals surface area contributed by atoms with E-state index in [9.17, 15) is 4.79 Å². The average molecular weight is 182 g/mol. The van der Waals surface area contributed by atoms with Gasteiger partial charge in [0.2, 0.25) is 0 Å². The van der Waals surface area contributed by atoms with Crippen LogP contribution in [0.4, 0.5) is 0 Å². The van der Waals surface area contributed by atoms with Gasteiger partial charge < -0.3 is 9.53 Å². The molecule has 0 heterocycles. The second-order valence-electron chi connectivity index (χ2n) is 4.26. The van der Waals surface area contributed by atoms with Crippen LogP contribution in [0, 0.1) is 11.3 Å². The molecule has 13 heavy (non-hydrogen) atoms. The topological polar surface area (TPSA) is 26.3 Å². The Morgan fingerprint density at radius 3 is 2.77 bits per heavy atom. The third kappa shape index (κ3) is 3.73. The van der Waals surface area contributed by atoms with Crippen molar-refractivity contribution < 1.29 is 9.53 Å². The predicted octanol–water partition coefficient (Wildman–Crippen LogP) is 2.19. The quantitative estimate of drug-likeness (QED) is 0.357. The zero-order chi connectivity index (χ0) is 9.73. The lowest BCUT2D eigenvalue weighted by Crippen LogP contribution is -1.95. The van der Waals surface area contributed by atoms with Gasteiger partial charge in [0.15, 0.2) is 0 Å². The van der Waals surface area contributed by atoms with Crippen molar-refractivity contribution in [3.8, 4) is 0 Å². The van der Waals surface area contributed by atoms with Crippen molar-refractivity contribution >= 4 is 6.29 Å². The fourth-order valence-corrected chi connectivity index (χ4v) is 1.34. The van der Waals surface area contributed by atoms with Gasteiger partial charge in [0.25, 0.3) is 0 Å². The van der Waals surface area contributed by atoms with Gasteiger partial charge in [0, 0.05) is 6.42 Å². The predicted molar refractivity (Wildman–Crippen MR) is 52.5 cm³/mol. The number of ether oxygens (including phenoxy) is 1. The molecule has 0 bridgehead atoms. The Balaban J connectivity index is 1.97. The summed E-state index contributed by atoms with van der Waals surface area (Å²) in [5.74, 6) is 0.738. The molecule has 1 unspecified atom stereocenters. The van der Waals surface area contributed by atoms with Crippen molar-refractivity contribution in [3.63, 3.8) is 0 Å². The van der Waals surface area contributed by atoms with E-state index < -0.39 is 0 Å². The number of hydrogen-bond donors (Lipinski definition) is 0. The first-order valence-electron chi connectivity index (χ1n) is 4.85. The number of rotatable bonds is 6. The zero-order valence-electron chi connectivity index (χ0n) is 8.45. The van der Waals surface area contributed by atoms with Crippen LogP contribution in [-0.4, -0.2) is 19.5 Å². The standard InChI is InChI=1S/C11H18O2/c1-11(2)9-10(11)5-3-7-13-8-4-6-12/h3,5-6,10H,4,7-9H2,1-2H3. The van der Waals surface area contributed by atoms with Crippen LogP contribution in [0.1, 0.15) is 26.7 Å². The Labute approximate surface area is 80.0 Å². The zero-order valence-corrected chi connectivity index (χ0v) is 8.45. The molecular formula is C11H18O2. The molecule has 1 atom stereocenters. The van der Waals surface area contributed by atoms with E-state index in [1.165, 1.54) is 6.42 Å². The molecule has 0 N–H and O–H groups in total. The second-order valence-corrected chi connectivity index (χ2v) is 4.26. The van der Waals surface area contributed by atoms with Gasteiger partial charge in [0.1, 0.15) is 6.29 Å². The smallest absolute Gasteiger partial charge is 0.122 e. The molecule has 74 valence electrons. The monoisotopic (exact) mass is 182 g/mol. The summed E-state index contributed by atoms with van der Waals surface area (Å²) in [4.78, 5) is 9.94. The largest absolute Gasteiger partial charge is 0.377 e. The highest BCUT2D eigenvalue weighted by atomic mass is 16.5. The Bertz CT molecular complexity index is 194. The minimum atomic E-state index is 0.503. The van der Waals surface area contributed by atoms with E-state index in [2.05, 4.69) is 26.0 Å². The molecule has 0 spiro atoms. The Kier molecular flexibility index (Phi) is 3.67. The number of aldehydes is 1. The lowest BCUT2D eigenvalue weighted by molar-refractivity contribution is -0.108. The number of allylic oxidation sites excluding steroid dienone is 1. The van der Waals surface area contributed by atoms with E-state index in [0.717, 1.165) is 12.2 Å². The first-order chi connectivity index (χ1) is 6.17. The van der Waals surface area contributed by atoms with E-state index in [0.29, 0.717) is 25.0 Å². The molecule has 0 amide bonds. The number of hydrogen-bond acceptors (Lipinski definition) is 2. The summed E-state index contributed by atoms with van der Waals surface area (Å²) >= 11 is 0. The van der Waals surface area contributed by atoms with Crippen LogP contribution < -0.4 is 0 Å². The summed E-state index contributed by atoms with van der Waals surface area (Å²) in [6.07, 6.45) is 6.96. The highest BCUT2D eigenvalue weighted by molar-refractivity contribution is 5.49. The van der Waals surface area contributed by atoms with E-state index in [-0.39, 0.29) is 0 Å². The van der Waals surface area contributed by atoms with Crippen LogP contribution in [0.5, 0.6) is 0 Å². The van der Waals surface area contributed by atoms with Crippen LogP contribution in [0.15, 0.2) is 12.2 Å². The molecule has 1 saturated carbocycles. The fraction of sp³-hybridized carbons (Fsp3) is 0.727. The Morgan fingerprint density at radius 2 is 2.23 bits per heavy atom. The highest BCUT2D eigenvalue weighted by Crippen LogP contribution is 2.52. The van der Waals surface area contributed by atoms with E-state index >= 15 is 0 Å². The molecule has 0 saturated heterocycles. The maximum absolute atomic E-state index is 9.94. The third-order valence-electron chi connectivity index (χ3n) is 2.55. The molecule has 1 aliphatic carbocycles. The van der Waals surface area contributed by atoms with Gasteiger partial charge in [-0.25, -0.2) is 0 Å². The van der Waals surface area contributed by atoms with Crippen LogP contribution in [0.25, 0.3) is 0 Å². The van der Waals surface area contributed by atoms with E-state index in [4.69, 9.17) is 4.74 Å². The molecule has 1 rings (SSSR count). The molecule has 0 radical (unpaired) electrons. The van der Waals surface area contributed by atoms with Gasteiger partial charge in [0.05, 0.1) is 13.2 Å². The molecule has 1 fully saturated rings. The van der Waals surface area contributed by atoms with Gasteiger partial charge >= 0.3 is 0 Å². The van der Waals surface area contributed by atoms with Gasteiger partial charge in [-0.15, -0.1) is 0 Å². The van der Waals surface area contributed by atoms with Crippen LogP contribution in [0.3, 0.4) is 0 Å². The van der Waals surface area contributed by atoms with E-state index in [1.54, 1.807) is 0 Å². The Morgan fingerprint density at radius 1 is 1.54 bits per heavy atom. The van der Waals surface area contributed by atoms with Crippen molar-refractivity contribution in [1.29, 1.82) is 0 Å².